The van der Waals surface area contributed by atoms with Gasteiger partial charge in [0, 0.05) is 0 Å². The summed E-state index contributed by atoms with van der Waals surface area (Å²) in [6.07, 6.45) is 10.7. The standard InChI is InChI=1S/C10H14.C8H10/c1-4-6-7-9-10(3)8-5-2;1-7-3-5-8(2)6-4-7/h4-5,7-9H,1-2,6H2,3H3;3-6H,1-2H3/b9-7-,10-8-;. The lowest BCUT2D eigenvalue weighted by atomic mass is 10.2. The lowest BCUT2D eigenvalue weighted by Crippen LogP contribution is -1.70. The molecule has 0 atom stereocenters. The smallest absolute Gasteiger partial charge is 0.0169 e. The fourth-order valence-electron chi connectivity index (χ4n) is 1.23. The predicted molar refractivity (Wildman–Crippen MR) is 83.8 cm³/mol. The zero-order valence-electron chi connectivity index (χ0n) is 11.8. The monoisotopic (exact) mass is 240 g/mol. The lowest BCUT2D eigenvalue weighted by molar-refractivity contribution is 1.38. The molecule has 0 heteroatoms. The maximum Gasteiger partial charge on any atom is -0.0169 e. The van der Waals surface area contributed by atoms with Crippen molar-refractivity contribution in [3.8, 4) is 0 Å². The number of allylic oxidation sites excluding steroid dienone is 6. The number of hydrogen-bond donors (Lipinski definition) is 0. The van der Waals surface area contributed by atoms with E-state index in [0.29, 0.717) is 0 Å². The van der Waals surface area contributed by atoms with Gasteiger partial charge in [-0.3, -0.25) is 0 Å². The summed E-state index contributed by atoms with van der Waals surface area (Å²) in [6, 6.07) is 8.48. The first-order valence-electron chi connectivity index (χ1n) is 6.20. The SMILES string of the molecule is C=C/C=C(C)\C=C/CC=C.Cc1ccc(C)cc1. The number of aryl methyl sites for hydroxylation is 2. The van der Waals surface area contributed by atoms with Crippen molar-refractivity contribution in [2.75, 3.05) is 0 Å². The van der Waals surface area contributed by atoms with Crippen LogP contribution in [0.15, 0.2) is 73.4 Å². The maximum atomic E-state index is 3.61. The van der Waals surface area contributed by atoms with Gasteiger partial charge in [0.25, 0.3) is 0 Å². The van der Waals surface area contributed by atoms with E-state index in [4.69, 9.17) is 0 Å². The van der Waals surface area contributed by atoms with Crippen LogP contribution in [0.4, 0.5) is 0 Å². The minimum absolute atomic E-state index is 0.933. The summed E-state index contributed by atoms with van der Waals surface area (Å²) in [7, 11) is 0. The molecule has 0 aliphatic carbocycles. The van der Waals surface area contributed by atoms with Crippen molar-refractivity contribution >= 4 is 0 Å². The van der Waals surface area contributed by atoms with Gasteiger partial charge in [0.05, 0.1) is 0 Å². The highest BCUT2D eigenvalue weighted by Crippen LogP contribution is 1.99. The minimum atomic E-state index is 0.933. The summed E-state index contributed by atoms with van der Waals surface area (Å²) in [5.74, 6) is 0. The first kappa shape index (κ1) is 16.2. The molecule has 0 radical (unpaired) electrons. The van der Waals surface area contributed by atoms with Crippen molar-refractivity contribution in [1.29, 1.82) is 0 Å². The second-order valence-corrected chi connectivity index (χ2v) is 4.23. The Morgan fingerprint density at radius 2 is 1.56 bits per heavy atom. The quantitative estimate of drug-likeness (QED) is 0.478. The Kier molecular flexibility index (Phi) is 9.30. The van der Waals surface area contributed by atoms with E-state index in [1.54, 1.807) is 6.08 Å². The Morgan fingerprint density at radius 1 is 1.06 bits per heavy atom. The van der Waals surface area contributed by atoms with Crippen LogP contribution in [-0.2, 0) is 0 Å². The third-order valence-corrected chi connectivity index (χ3v) is 2.28. The van der Waals surface area contributed by atoms with Gasteiger partial charge >= 0.3 is 0 Å². The molecule has 0 amide bonds. The van der Waals surface area contributed by atoms with E-state index in [1.807, 2.05) is 19.1 Å². The average molecular weight is 240 g/mol. The van der Waals surface area contributed by atoms with Crippen LogP contribution >= 0.6 is 0 Å². The predicted octanol–water partition coefficient (Wildman–Crippen LogP) is 5.55. The molecule has 0 aliphatic heterocycles. The molecule has 0 heterocycles. The molecule has 0 bridgehead atoms. The van der Waals surface area contributed by atoms with Gasteiger partial charge < -0.3 is 0 Å². The van der Waals surface area contributed by atoms with Crippen LogP contribution in [0.5, 0.6) is 0 Å². The first-order valence-corrected chi connectivity index (χ1v) is 6.20. The number of hydrogen-bond acceptors (Lipinski definition) is 0. The van der Waals surface area contributed by atoms with Crippen LogP contribution in [-0.4, -0.2) is 0 Å². The number of rotatable bonds is 4. The Hall–Kier alpha value is -1.82. The summed E-state index contributed by atoms with van der Waals surface area (Å²) in [5.41, 5.74) is 3.88. The van der Waals surface area contributed by atoms with Gasteiger partial charge in [-0.05, 0) is 27.2 Å². The summed E-state index contributed by atoms with van der Waals surface area (Å²) in [4.78, 5) is 0. The van der Waals surface area contributed by atoms with Crippen molar-refractivity contribution in [1.82, 2.24) is 0 Å². The number of benzene rings is 1. The normalized spacial score (nSPS) is 10.7. The molecule has 0 N–H and O–H groups in total. The molecule has 96 valence electrons. The van der Waals surface area contributed by atoms with Crippen molar-refractivity contribution < 1.29 is 0 Å². The molecule has 0 aromatic heterocycles. The van der Waals surface area contributed by atoms with Gasteiger partial charge in [0.1, 0.15) is 0 Å². The van der Waals surface area contributed by atoms with Gasteiger partial charge in [-0.1, -0.05) is 77.9 Å². The van der Waals surface area contributed by atoms with Crippen molar-refractivity contribution in [3.05, 3.63) is 84.5 Å². The third-order valence-electron chi connectivity index (χ3n) is 2.28. The van der Waals surface area contributed by atoms with Crippen molar-refractivity contribution in [2.45, 2.75) is 27.2 Å². The minimum Gasteiger partial charge on any atom is -0.103 e. The van der Waals surface area contributed by atoms with E-state index < -0.39 is 0 Å². The highest BCUT2D eigenvalue weighted by Gasteiger charge is 1.79. The molecule has 0 aliphatic rings. The maximum absolute atomic E-state index is 3.61. The average Bonchev–Trinajstić information content (AvgIpc) is 2.34. The molecular formula is C18H24. The van der Waals surface area contributed by atoms with Gasteiger partial charge in [0.2, 0.25) is 0 Å². The zero-order chi connectivity index (χ0) is 13.8. The van der Waals surface area contributed by atoms with E-state index in [2.05, 4.69) is 63.4 Å². The van der Waals surface area contributed by atoms with Gasteiger partial charge in [-0.25, -0.2) is 0 Å². The molecular weight excluding hydrogens is 216 g/mol. The fourth-order valence-corrected chi connectivity index (χ4v) is 1.23. The Morgan fingerprint density at radius 3 is 1.94 bits per heavy atom. The van der Waals surface area contributed by atoms with E-state index in [0.717, 1.165) is 6.42 Å². The third kappa shape index (κ3) is 9.41. The van der Waals surface area contributed by atoms with Crippen LogP contribution in [0.25, 0.3) is 0 Å². The van der Waals surface area contributed by atoms with Crippen LogP contribution in [0.3, 0.4) is 0 Å². The van der Waals surface area contributed by atoms with Gasteiger partial charge in [0.15, 0.2) is 0 Å². The molecule has 0 spiro atoms. The Bertz CT molecular complexity index is 381. The zero-order valence-corrected chi connectivity index (χ0v) is 11.8. The molecule has 1 rings (SSSR count). The largest absolute Gasteiger partial charge is 0.103 e. The van der Waals surface area contributed by atoms with E-state index >= 15 is 0 Å². The van der Waals surface area contributed by atoms with Gasteiger partial charge in [-0.2, -0.15) is 0 Å². The Balaban J connectivity index is 0.000000327. The second kappa shape index (κ2) is 10.3. The first-order chi connectivity index (χ1) is 8.60. The van der Waals surface area contributed by atoms with Gasteiger partial charge in [-0.15, -0.1) is 6.58 Å². The molecule has 0 unspecified atom stereocenters. The molecule has 18 heavy (non-hydrogen) atoms. The van der Waals surface area contributed by atoms with E-state index in [-0.39, 0.29) is 0 Å². The lowest BCUT2D eigenvalue weighted by Gasteiger charge is -1.90. The van der Waals surface area contributed by atoms with Crippen LogP contribution in [0.1, 0.15) is 24.5 Å². The Labute approximate surface area is 112 Å². The molecule has 1 aromatic rings. The van der Waals surface area contributed by atoms with Crippen molar-refractivity contribution in [3.63, 3.8) is 0 Å². The summed E-state index contributed by atoms with van der Waals surface area (Å²) in [5, 5.41) is 0. The molecule has 1 aromatic carbocycles. The van der Waals surface area contributed by atoms with Crippen LogP contribution < -0.4 is 0 Å². The molecule has 0 nitrogen and oxygen atoms in total. The van der Waals surface area contributed by atoms with E-state index in [9.17, 15) is 0 Å². The topological polar surface area (TPSA) is 0 Å². The highest BCUT2D eigenvalue weighted by molar-refractivity contribution is 5.20. The second-order valence-electron chi connectivity index (χ2n) is 4.23. The molecule has 0 fully saturated rings. The summed E-state index contributed by atoms with van der Waals surface area (Å²) in [6.45, 7) is 13.4. The highest BCUT2D eigenvalue weighted by atomic mass is 13.9. The van der Waals surface area contributed by atoms with Crippen LogP contribution in [0, 0.1) is 13.8 Å². The van der Waals surface area contributed by atoms with Crippen molar-refractivity contribution in [2.24, 2.45) is 0 Å². The summed E-state index contributed by atoms with van der Waals surface area (Å²) < 4.78 is 0. The van der Waals surface area contributed by atoms with E-state index in [1.165, 1.54) is 16.7 Å². The molecule has 0 saturated heterocycles. The van der Waals surface area contributed by atoms with Crippen LogP contribution in [0.2, 0.25) is 0 Å². The summed E-state index contributed by atoms with van der Waals surface area (Å²) >= 11 is 0. The fraction of sp³-hybridized carbons (Fsp3) is 0.222. The molecule has 0 saturated carbocycles.